The summed E-state index contributed by atoms with van der Waals surface area (Å²) in [5, 5.41) is 12.4. The molecule has 1 amide bonds. The number of nitrogens with one attached hydrogen (secondary N) is 1. The van der Waals surface area contributed by atoms with Crippen molar-refractivity contribution in [2.45, 2.75) is 31.7 Å². The molecule has 5 heteroatoms. The minimum atomic E-state index is -1.01. The van der Waals surface area contributed by atoms with Crippen LogP contribution in [-0.2, 0) is 9.59 Å². The van der Waals surface area contributed by atoms with Crippen molar-refractivity contribution in [3.05, 3.63) is 47.0 Å². The van der Waals surface area contributed by atoms with Gasteiger partial charge < -0.3 is 10.4 Å². The lowest BCUT2D eigenvalue weighted by Gasteiger charge is -2.12. The number of carbonyl (C=O) groups is 2. The Morgan fingerprint density at radius 3 is 2.90 bits per heavy atom. The molecule has 21 heavy (non-hydrogen) atoms. The van der Waals surface area contributed by atoms with Crippen molar-refractivity contribution in [1.29, 1.82) is 0 Å². The van der Waals surface area contributed by atoms with E-state index in [2.05, 4.69) is 5.32 Å². The SMILES string of the molecule is C/C=C/CC(NC(=O)C1CC1c1cccc(Cl)c1)C(=O)O. The molecule has 112 valence electrons. The number of hydrogen-bond acceptors (Lipinski definition) is 2. The molecule has 1 aliphatic rings. The Kier molecular flexibility index (Phi) is 5.02. The number of carboxylic acid groups (broad SMARTS) is 1. The Bertz CT molecular complexity index is 570. The lowest BCUT2D eigenvalue weighted by Crippen LogP contribution is -2.41. The topological polar surface area (TPSA) is 66.4 Å². The summed E-state index contributed by atoms with van der Waals surface area (Å²) >= 11 is 5.94. The van der Waals surface area contributed by atoms with Gasteiger partial charge in [0.15, 0.2) is 0 Å². The van der Waals surface area contributed by atoms with Crippen LogP contribution in [0.4, 0.5) is 0 Å². The van der Waals surface area contributed by atoms with Gasteiger partial charge in [-0.25, -0.2) is 4.79 Å². The summed E-state index contributed by atoms with van der Waals surface area (Å²) < 4.78 is 0. The van der Waals surface area contributed by atoms with Crippen molar-refractivity contribution in [2.75, 3.05) is 0 Å². The second-order valence-electron chi connectivity index (χ2n) is 5.21. The Morgan fingerprint density at radius 2 is 2.29 bits per heavy atom. The number of amides is 1. The first kappa shape index (κ1) is 15.6. The van der Waals surface area contributed by atoms with Crippen molar-refractivity contribution in [2.24, 2.45) is 5.92 Å². The molecule has 3 unspecified atom stereocenters. The number of aliphatic carboxylic acids is 1. The van der Waals surface area contributed by atoms with E-state index in [-0.39, 0.29) is 17.7 Å². The summed E-state index contributed by atoms with van der Waals surface area (Å²) in [6.45, 7) is 1.82. The van der Waals surface area contributed by atoms with E-state index >= 15 is 0 Å². The van der Waals surface area contributed by atoms with Crippen LogP contribution in [-0.4, -0.2) is 23.0 Å². The zero-order chi connectivity index (χ0) is 15.4. The van der Waals surface area contributed by atoms with Gasteiger partial charge in [0.2, 0.25) is 5.91 Å². The first-order chi connectivity index (χ1) is 10.0. The fourth-order valence-electron chi connectivity index (χ4n) is 2.36. The van der Waals surface area contributed by atoms with Gasteiger partial charge in [-0.3, -0.25) is 4.79 Å². The number of carboxylic acids is 1. The predicted molar refractivity (Wildman–Crippen MR) is 81.3 cm³/mol. The second-order valence-corrected chi connectivity index (χ2v) is 5.64. The number of rotatable bonds is 6. The first-order valence-corrected chi connectivity index (χ1v) is 7.30. The minimum Gasteiger partial charge on any atom is -0.480 e. The van der Waals surface area contributed by atoms with E-state index in [9.17, 15) is 9.59 Å². The Hall–Kier alpha value is -1.81. The molecule has 4 nitrogen and oxygen atoms in total. The summed E-state index contributed by atoms with van der Waals surface area (Å²) in [6, 6.07) is 6.58. The smallest absolute Gasteiger partial charge is 0.326 e. The summed E-state index contributed by atoms with van der Waals surface area (Å²) in [4.78, 5) is 23.2. The molecule has 0 spiro atoms. The van der Waals surface area contributed by atoms with E-state index < -0.39 is 12.0 Å². The fourth-order valence-corrected chi connectivity index (χ4v) is 2.56. The van der Waals surface area contributed by atoms with E-state index in [1.807, 2.05) is 25.1 Å². The maximum atomic E-state index is 12.1. The number of carbonyl (C=O) groups excluding carboxylic acids is 1. The van der Waals surface area contributed by atoms with Crippen LogP contribution in [0, 0.1) is 5.92 Å². The zero-order valence-corrected chi connectivity index (χ0v) is 12.5. The van der Waals surface area contributed by atoms with Crippen LogP contribution in [0.25, 0.3) is 0 Å². The van der Waals surface area contributed by atoms with Gasteiger partial charge in [-0.1, -0.05) is 35.9 Å². The largest absolute Gasteiger partial charge is 0.480 e. The Labute approximate surface area is 128 Å². The maximum Gasteiger partial charge on any atom is 0.326 e. The molecule has 2 rings (SSSR count). The lowest BCUT2D eigenvalue weighted by atomic mass is 10.1. The monoisotopic (exact) mass is 307 g/mol. The van der Waals surface area contributed by atoms with Gasteiger partial charge in [-0.05, 0) is 43.4 Å². The highest BCUT2D eigenvalue weighted by Gasteiger charge is 2.44. The maximum absolute atomic E-state index is 12.1. The highest BCUT2D eigenvalue weighted by atomic mass is 35.5. The van der Waals surface area contributed by atoms with Gasteiger partial charge in [0.05, 0.1) is 0 Å². The Balaban J connectivity index is 1.94. The minimum absolute atomic E-state index is 0.139. The van der Waals surface area contributed by atoms with Crippen LogP contribution in [0.1, 0.15) is 31.2 Å². The molecular formula is C16H18ClNO3. The Morgan fingerprint density at radius 1 is 1.52 bits per heavy atom. The van der Waals surface area contributed by atoms with Crippen LogP contribution in [0.2, 0.25) is 5.02 Å². The molecule has 0 heterocycles. The van der Waals surface area contributed by atoms with Crippen molar-refractivity contribution in [3.63, 3.8) is 0 Å². The third kappa shape index (κ3) is 4.08. The van der Waals surface area contributed by atoms with Crippen LogP contribution >= 0.6 is 11.6 Å². The zero-order valence-electron chi connectivity index (χ0n) is 11.8. The average Bonchev–Trinajstić information content (AvgIpc) is 3.23. The number of allylic oxidation sites excluding steroid dienone is 1. The van der Waals surface area contributed by atoms with Gasteiger partial charge in [-0.15, -0.1) is 0 Å². The van der Waals surface area contributed by atoms with Gasteiger partial charge in [0.25, 0.3) is 0 Å². The van der Waals surface area contributed by atoms with Crippen LogP contribution in [0.3, 0.4) is 0 Å². The summed E-state index contributed by atoms with van der Waals surface area (Å²) in [5.41, 5.74) is 1.03. The molecule has 0 bridgehead atoms. The van der Waals surface area contributed by atoms with Gasteiger partial charge >= 0.3 is 5.97 Å². The highest BCUT2D eigenvalue weighted by molar-refractivity contribution is 6.30. The number of hydrogen-bond donors (Lipinski definition) is 2. The molecule has 3 atom stereocenters. The number of benzene rings is 1. The van der Waals surface area contributed by atoms with Gasteiger partial charge in [-0.2, -0.15) is 0 Å². The summed E-state index contributed by atoms with van der Waals surface area (Å²) in [5.74, 6) is -1.23. The molecule has 1 aromatic carbocycles. The second kappa shape index (κ2) is 6.76. The van der Waals surface area contributed by atoms with Crippen molar-refractivity contribution >= 4 is 23.5 Å². The van der Waals surface area contributed by atoms with Crippen LogP contribution in [0.15, 0.2) is 36.4 Å². The van der Waals surface area contributed by atoms with Crippen LogP contribution in [0.5, 0.6) is 0 Å². The number of halogens is 1. The van der Waals surface area contributed by atoms with Crippen molar-refractivity contribution in [3.8, 4) is 0 Å². The van der Waals surface area contributed by atoms with E-state index in [4.69, 9.17) is 16.7 Å². The molecule has 1 aliphatic carbocycles. The third-order valence-electron chi connectivity index (χ3n) is 3.63. The molecule has 0 saturated heterocycles. The van der Waals surface area contributed by atoms with E-state index in [0.29, 0.717) is 11.4 Å². The van der Waals surface area contributed by atoms with E-state index in [1.54, 1.807) is 18.2 Å². The van der Waals surface area contributed by atoms with Gasteiger partial charge in [0.1, 0.15) is 6.04 Å². The normalized spacial score (nSPS) is 22.0. The molecule has 0 radical (unpaired) electrons. The fraction of sp³-hybridized carbons (Fsp3) is 0.375. The molecule has 0 aliphatic heterocycles. The predicted octanol–water partition coefficient (Wildman–Crippen LogP) is 2.98. The molecule has 2 N–H and O–H groups in total. The molecule has 1 fully saturated rings. The summed E-state index contributed by atoms with van der Waals surface area (Å²) in [7, 11) is 0. The highest BCUT2D eigenvalue weighted by Crippen LogP contribution is 2.48. The molecule has 1 saturated carbocycles. The van der Waals surface area contributed by atoms with E-state index in [1.165, 1.54) is 0 Å². The third-order valence-corrected chi connectivity index (χ3v) is 3.86. The lowest BCUT2D eigenvalue weighted by molar-refractivity contribution is -0.141. The molecular weight excluding hydrogens is 290 g/mol. The van der Waals surface area contributed by atoms with Crippen molar-refractivity contribution < 1.29 is 14.7 Å². The standard InChI is InChI=1S/C16H18ClNO3/c1-2-3-7-14(16(20)21)18-15(19)13-9-12(13)10-5-4-6-11(17)8-10/h2-6,8,12-14H,7,9H2,1H3,(H,18,19)(H,20,21)/b3-2+. The molecule has 1 aromatic rings. The molecule has 0 aromatic heterocycles. The van der Waals surface area contributed by atoms with E-state index in [0.717, 1.165) is 12.0 Å². The van der Waals surface area contributed by atoms with Gasteiger partial charge in [0, 0.05) is 10.9 Å². The average molecular weight is 308 g/mol. The van der Waals surface area contributed by atoms with Crippen molar-refractivity contribution in [1.82, 2.24) is 5.32 Å². The summed E-state index contributed by atoms with van der Waals surface area (Å²) in [6.07, 6.45) is 4.54. The first-order valence-electron chi connectivity index (χ1n) is 6.92. The quantitative estimate of drug-likeness (QED) is 0.794. The van der Waals surface area contributed by atoms with Crippen LogP contribution < -0.4 is 5.32 Å².